The van der Waals surface area contributed by atoms with Gasteiger partial charge in [-0.2, -0.15) is 18.2 Å². The molecule has 1 saturated heterocycles. The number of nitrogens with zero attached hydrogens (tertiary/aromatic N) is 4. The summed E-state index contributed by atoms with van der Waals surface area (Å²) >= 11 is 0. The maximum atomic E-state index is 13.4. The summed E-state index contributed by atoms with van der Waals surface area (Å²) in [6, 6.07) is 4.32. The van der Waals surface area contributed by atoms with Gasteiger partial charge in [0, 0.05) is 43.7 Å². The fourth-order valence-electron chi connectivity index (χ4n) is 5.34. The molecule has 1 N–H and O–H groups in total. The number of carbonyl (C=O) groups excluding carboxylic acids is 3. The van der Waals surface area contributed by atoms with Gasteiger partial charge in [-0.25, -0.2) is 0 Å². The smallest absolute Gasteiger partial charge is 0.351 e. The van der Waals surface area contributed by atoms with Gasteiger partial charge >= 0.3 is 12.1 Å². The standard InChI is InChI=1S/C24H26F3N5O4/c1-13(33)31-11-23(2,12-31)21(35)28-17-5-3-4-6-18(17)32-10-15-8-7-14(9-16(15)20(32)34)19-29-22(36-30-19)24(25,26)27/h7-9,17-18H,3-6,10-12H2,1-2H3,(H,28,35)/t17-,18-/m1/s1. The van der Waals surface area contributed by atoms with Gasteiger partial charge in [-0.3, -0.25) is 14.4 Å². The number of nitrogens with one attached hydrogen (secondary N) is 1. The summed E-state index contributed by atoms with van der Waals surface area (Å²) in [6.45, 7) is 4.40. The molecule has 5 rings (SSSR count). The molecular formula is C24H26F3N5O4. The number of fused-ring (bicyclic) bond motifs is 1. The van der Waals surface area contributed by atoms with E-state index in [1.807, 2.05) is 6.92 Å². The first kappa shape index (κ1) is 24.3. The van der Waals surface area contributed by atoms with Crippen LogP contribution in [0.15, 0.2) is 22.7 Å². The van der Waals surface area contributed by atoms with Crippen LogP contribution in [0, 0.1) is 5.41 Å². The number of aromatic nitrogens is 2. The highest BCUT2D eigenvalue weighted by molar-refractivity contribution is 5.99. The van der Waals surface area contributed by atoms with E-state index in [1.54, 1.807) is 21.9 Å². The Labute approximate surface area is 205 Å². The van der Waals surface area contributed by atoms with Crippen LogP contribution in [0.2, 0.25) is 0 Å². The van der Waals surface area contributed by atoms with E-state index in [0.29, 0.717) is 25.2 Å². The average Bonchev–Trinajstić information content (AvgIpc) is 3.42. The highest BCUT2D eigenvalue weighted by Gasteiger charge is 2.48. The van der Waals surface area contributed by atoms with Crippen LogP contribution >= 0.6 is 0 Å². The van der Waals surface area contributed by atoms with Crippen molar-refractivity contribution in [2.75, 3.05) is 13.1 Å². The van der Waals surface area contributed by atoms with Crippen LogP contribution in [0.25, 0.3) is 11.4 Å². The third-order valence-electron chi connectivity index (χ3n) is 7.39. The van der Waals surface area contributed by atoms with E-state index >= 15 is 0 Å². The van der Waals surface area contributed by atoms with Crippen molar-refractivity contribution in [3.05, 3.63) is 35.2 Å². The third kappa shape index (κ3) is 4.22. The number of benzene rings is 1. The van der Waals surface area contributed by atoms with Crippen molar-refractivity contribution in [3.63, 3.8) is 0 Å². The Morgan fingerprint density at radius 2 is 1.92 bits per heavy atom. The minimum atomic E-state index is -4.75. The number of rotatable bonds is 4. The Bertz CT molecular complexity index is 1220. The molecule has 9 nitrogen and oxygen atoms in total. The predicted molar refractivity (Wildman–Crippen MR) is 119 cm³/mol. The van der Waals surface area contributed by atoms with Crippen molar-refractivity contribution >= 4 is 17.7 Å². The zero-order chi connectivity index (χ0) is 25.8. The molecule has 36 heavy (non-hydrogen) atoms. The van der Waals surface area contributed by atoms with Crippen molar-refractivity contribution < 1.29 is 32.1 Å². The van der Waals surface area contributed by atoms with Crippen molar-refractivity contribution in [2.45, 2.75) is 64.3 Å². The largest absolute Gasteiger partial charge is 0.471 e. The number of alkyl halides is 3. The summed E-state index contributed by atoms with van der Waals surface area (Å²) < 4.78 is 42.8. The fourth-order valence-corrected chi connectivity index (χ4v) is 5.34. The number of carbonyl (C=O) groups is 3. The molecule has 2 aromatic rings. The van der Waals surface area contributed by atoms with Gasteiger partial charge in [0.25, 0.3) is 5.91 Å². The van der Waals surface area contributed by atoms with Crippen molar-refractivity contribution in [3.8, 4) is 11.4 Å². The van der Waals surface area contributed by atoms with Crippen molar-refractivity contribution in [1.82, 2.24) is 25.3 Å². The first-order valence-electron chi connectivity index (χ1n) is 11.9. The average molecular weight is 505 g/mol. The van der Waals surface area contributed by atoms with Gasteiger partial charge in [-0.05, 0) is 31.4 Å². The second-order valence-electron chi connectivity index (χ2n) is 10.1. The van der Waals surface area contributed by atoms with E-state index in [4.69, 9.17) is 0 Å². The van der Waals surface area contributed by atoms with E-state index < -0.39 is 17.5 Å². The zero-order valence-electron chi connectivity index (χ0n) is 19.9. The molecule has 0 radical (unpaired) electrons. The Balaban J connectivity index is 1.31. The van der Waals surface area contributed by atoms with Gasteiger partial charge in [0.1, 0.15) is 0 Å². The lowest BCUT2D eigenvalue weighted by Gasteiger charge is -2.47. The SMILES string of the molecule is CC(=O)N1CC(C)(C(=O)N[C@@H]2CCCC[C@H]2N2Cc3ccc(-c4noc(C(F)(F)F)n4)cc3C2=O)C1. The second-order valence-corrected chi connectivity index (χ2v) is 10.1. The molecule has 3 aliphatic rings. The predicted octanol–water partition coefficient (Wildman–Crippen LogP) is 3.01. The lowest BCUT2D eigenvalue weighted by molar-refractivity contribution is -0.159. The number of hydrogen-bond acceptors (Lipinski definition) is 6. The highest BCUT2D eigenvalue weighted by atomic mass is 19.4. The second kappa shape index (κ2) is 8.59. The Morgan fingerprint density at radius 1 is 1.19 bits per heavy atom. The van der Waals surface area contributed by atoms with E-state index in [2.05, 4.69) is 20.0 Å². The van der Waals surface area contributed by atoms with Crippen LogP contribution in [0.1, 0.15) is 61.3 Å². The maximum absolute atomic E-state index is 13.4. The number of likely N-dealkylation sites (tertiary alicyclic amines) is 1. The Morgan fingerprint density at radius 3 is 2.58 bits per heavy atom. The molecule has 1 saturated carbocycles. The third-order valence-corrected chi connectivity index (χ3v) is 7.39. The zero-order valence-corrected chi connectivity index (χ0v) is 19.9. The number of amides is 3. The molecule has 3 heterocycles. The maximum Gasteiger partial charge on any atom is 0.471 e. The molecular weight excluding hydrogens is 479 g/mol. The highest BCUT2D eigenvalue weighted by Crippen LogP contribution is 2.36. The van der Waals surface area contributed by atoms with Crippen molar-refractivity contribution in [2.24, 2.45) is 5.41 Å². The molecule has 2 fully saturated rings. The molecule has 192 valence electrons. The summed E-state index contributed by atoms with van der Waals surface area (Å²) in [5.41, 5.74) is 0.733. The van der Waals surface area contributed by atoms with Gasteiger partial charge in [0.05, 0.1) is 11.5 Å². The lowest BCUT2D eigenvalue weighted by Crippen LogP contribution is -2.65. The molecule has 0 spiro atoms. The van der Waals surface area contributed by atoms with Gasteiger partial charge in [0.15, 0.2) is 0 Å². The monoisotopic (exact) mass is 505 g/mol. The van der Waals surface area contributed by atoms with E-state index in [1.165, 1.54) is 13.0 Å². The summed E-state index contributed by atoms with van der Waals surface area (Å²) in [5.74, 6) is -2.12. The number of hydrogen-bond donors (Lipinski definition) is 1. The van der Waals surface area contributed by atoms with Crippen LogP contribution in [-0.2, 0) is 22.3 Å². The first-order valence-corrected chi connectivity index (χ1v) is 11.9. The molecule has 0 bridgehead atoms. The van der Waals surface area contributed by atoms with Crippen LogP contribution < -0.4 is 5.32 Å². The molecule has 1 aromatic heterocycles. The fraction of sp³-hybridized carbons (Fsp3) is 0.542. The first-order chi connectivity index (χ1) is 17.0. The summed E-state index contributed by atoms with van der Waals surface area (Å²) in [4.78, 5) is 44.8. The minimum Gasteiger partial charge on any atom is -0.351 e. The molecule has 3 amide bonds. The molecule has 1 aliphatic carbocycles. The van der Waals surface area contributed by atoms with Crippen LogP contribution in [-0.4, -0.2) is 62.8 Å². The molecule has 12 heteroatoms. The Hall–Kier alpha value is -3.44. The van der Waals surface area contributed by atoms with E-state index in [0.717, 1.165) is 31.2 Å². The van der Waals surface area contributed by atoms with Crippen LogP contribution in [0.4, 0.5) is 13.2 Å². The summed E-state index contributed by atoms with van der Waals surface area (Å²) in [6.07, 6.45) is -1.45. The molecule has 2 aliphatic heterocycles. The van der Waals surface area contributed by atoms with Gasteiger partial charge < -0.3 is 19.6 Å². The summed E-state index contributed by atoms with van der Waals surface area (Å²) in [7, 11) is 0. The van der Waals surface area contributed by atoms with Crippen LogP contribution in [0.3, 0.4) is 0 Å². The molecule has 1 aromatic carbocycles. The quantitative estimate of drug-likeness (QED) is 0.685. The lowest BCUT2D eigenvalue weighted by atomic mass is 9.79. The van der Waals surface area contributed by atoms with Crippen LogP contribution in [0.5, 0.6) is 0 Å². The topological polar surface area (TPSA) is 109 Å². The van der Waals surface area contributed by atoms with E-state index in [-0.39, 0.29) is 41.2 Å². The minimum absolute atomic E-state index is 0.0638. The normalized spacial score (nSPS) is 23.3. The van der Waals surface area contributed by atoms with Gasteiger partial charge in [-0.1, -0.05) is 30.1 Å². The molecule has 2 atom stereocenters. The Kier molecular flexibility index (Phi) is 5.79. The van der Waals surface area contributed by atoms with E-state index in [9.17, 15) is 27.6 Å². The molecule has 0 unspecified atom stereocenters. The van der Waals surface area contributed by atoms with Gasteiger partial charge in [0.2, 0.25) is 17.6 Å². The summed E-state index contributed by atoms with van der Waals surface area (Å²) in [5, 5.41) is 6.55. The van der Waals surface area contributed by atoms with Crippen molar-refractivity contribution in [1.29, 1.82) is 0 Å². The number of halogens is 3. The van der Waals surface area contributed by atoms with Gasteiger partial charge in [-0.15, -0.1) is 0 Å².